The number of carbonyl (C=O) groups is 1. The highest BCUT2D eigenvalue weighted by molar-refractivity contribution is 5.91. The molecule has 7 nitrogen and oxygen atoms in total. The zero-order valence-electron chi connectivity index (χ0n) is 15.3. The molecule has 0 aliphatic carbocycles. The van der Waals surface area contributed by atoms with Crippen molar-refractivity contribution in [3.8, 4) is 0 Å². The van der Waals surface area contributed by atoms with Gasteiger partial charge >= 0.3 is 12.1 Å². The lowest BCUT2D eigenvalue weighted by atomic mass is 10.1. The molecular weight excluding hydrogens is 391 g/mol. The van der Waals surface area contributed by atoms with E-state index in [1.807, 2.05) is 0 Å². The molecule has 0 saturated carbocycles. The molecule has 1 fully saturated rings. The van der Waals surface area contributed by atoms with Crippen molar-refractivity contribution >= 4 is 17.9 Å². The largest absolute Gasteiger partial charge is 0.433 e. The summed E-state index contributed by atoms with van der Waals surface area (Å²) in [6.07, 6.45) is -1.70. The van der Waals surface area contributed by atoms with Crippen molar-refractivity contribution in [1.29, 1.82) is 0 Å². The average molecular weight is 410 g/mol. The molecule has 0 spiro atoms. The van der Waals surface area contributed by atoms with Crippen LogP contribution < -0.4 is 4.90 Å². The summed E-state index contributed by atoms with van der Waals surface area (Å²) < 4.78 is 43.4. The van der Waals surface area contributed by atoms with Crippen LogP contribution in [0.1, 0.15) is 16.9 Å². The second kappa shape index (κ2) is 8.48. The lowest BCUT2D eigenvalue weighted by Gasteiger charge is -2.31. The molecule has 154 valence electrons. The molecule has 1 amide bonds. The van der Waals surface area contributed by atoms with E-state index >= 15 is 0 Å². The molecule has 0 radical (unpaired) electrons. The number of quaternary nitrogens is 1. The Kier molecular flexibility index (Phi) is 6.02. The molecule has 1 aromatic heterocycles. The zero-order valence-corrected chi connectivity index (χ0v) is 15.3. The summed E-state index contributed by atoms with van der Waals surface area (Å²) in [4.78, 5) is 24.9. The maximum atomic E-state index is 12.8. The highest BCUT2D eigenvalue weighted by Gasteiger charge is 2.31. The zero-order chi connectivity index (χ0) is 21.0. The second-order valence-electron chi connectivity index (χ2n) is 6.72. The van der Waals surface area contributed by atoms with E-state index in [2.05, 4.69) is 0 Å². The van der Waals surface area contributed by atoms with Crippen LogP contribution in [-0.2, 0) is 17.5 Å². The van der Waals surface area contributed by atoms with Crippen LogP contribution in [0.4, 0.5) is 19.1 Å². The fraction of sp³-hybridized carbons (Fsp3) is 0.316. The van der Waals surface area contributed by atoms with Gasteiger partial charge in [0.25, 0.3) is 0 Å². The fourth-order valence-corrected chi connectivity index (χ4v) is 3.16. The van der Waals surface area contributed by atoms with Crippen molar-refractivity contribution < 1.29 is 32.2 Å². The van der Waals surface area contributed by atoms with E-state index in [0.717, 1.165) is 17.0 Å². The first-order valence-electron chi connectivity index (χ1n) is 8.93. The Bertz CT molecular complexity index is 915. The summed E-state index contributed by atoms with van der Waals surface area (Å²) in [5, 5.41) is 10.6. The van der Waals surface area contributed by atoms with Crippen molar-refractivity contribution in [2.45, 2.75) is 12.7 Å². The van der Waals surface area contributed by atoms with Gasteiger partial charge in [0.15, 0.2) is 0 Å². The van der Waals surface area contributed by atoms with Crippen LogP contribution >= 0.6 is 0 Å². The number of amides is 1. The molecule has 2 heterocycles. The van der Waals surface area contributed by atoms with E-state index in [-0.39, 0.29) is 11.7 Å². The third-order valence-corrected chi connectivity index (χ3v) is 4.67. The SMILES string of the molecule is O=C(/C=C/c1ccc([N+](=O)[O-])o1)N1CC[NH+](Cc2cccc(C(F)(F)F)c2)CC1. The molecule has 10 heteroatoms. The van der Waals surface area contributed by atoms with Crippen LogP contribution in [0.15, 0.2) is 46.9 Å². The fourth-order valence-electron chi connectivity index (χ4n) is 3.16. The molecule has 0 bridgehead atoms. The van der Waals surface area contributed by atoms with Gasteiger partial charge in [-0.1, -0.05) is 12.1 Å². The number of nitrogens with zero attached hydrogens (tertiary/aromatic N) is 2. The van der Waals surface area contributed by atoms with Crippen molar-refractivity contribution in [2.75, 3.05) is 26.2 Å². The minimum atomic E-state index is -4.36. The smallest absolute Gasteiger partial charge is 0.401 e. The molecule has 0 atom stereocenters. The van der Waals surface area contributed by atoms with E-state index in [9.17, 15) is 28.1 Å². The third kappa shape index (κ3) is 5.44. The molecule has 2 aromatic rings. The summed E-state index contributed by atoms with van der Waals surface area (Å²) in [6.45, 7) is 2.62. The molecule has 1 N–H and O–H groups in total. The number of piperazine rings is 1. The van der Waals surface area contributed by atoms with Gasteiger partial charge in [-0.2, -0.15) is 13.2 Å². The highest BCUT2D eigenvalue weighted by atomic mass is 19.4. The van der Waals surface area contributed by atoms with E-state index in [1.54, 1.807) is 11.0 Å². The predicted octanol–water partition coefficient (Wildman–Crippen LogP) is 2.15. The number of benzene rings is 1. The summed E-state index contributed by atoms with van der Waals surface area (Å²) in [5.74, 6) is -0.440. The number of nitro groups is 1. The monoisotopic (exact) mass is 410 g/mol. The molecular formula is C19H19F3N3O4+. The van der Waals surface area contributed by atoms with Gasteiger partial charge < -0.3 is 14.2 Å². The number of alkyl halides is 3. The van der Waals surface area contributed by atoms with Crippen LogP contribution in [0.25, 0.3) is 6.08 Å². The van der Waals surface area contributed by atoms with Gasteiger partial charge in [0.2, 0.25) is 5.91 Å². The second-order valence-corrected chi connectivity index (χ2v) is 6.72. The first kappa shape index (κ1) is 20.6. The quantitative estimate of drug-likeness (QED) is 0.465. The first-order chi connectivity index (χ1) is 13.7. The highest BCUT2D eigenvalue weighted by Crippen LogP contribution is 2.29. The van der Waals surface area contributed by atoms with Crippen molar-refractivity contribution in [2.24, 2.45) is 0 Å². The summed E-state index contributed by atoms with van der Waals surface area (Å²) in [5.41, 5.74) is -0.0552. The van der Waals surface area contributed by atoms with Crippen LogP contribution in [0.2, 0.25) is 0 Å². The molecule has 1 aromatic carbocycles. The number of carbonyl (C=O) groups excluding carboxylic acids is 1. The number of hydrogen-bond donors (Lipinski definition) is 1. The lowest BCUT2D eigenvalue weighted by molar-refractivity contribution is -0.917. The van der Waals surface area contributed by atoms with Gasteiger partial charge in [-0.3, -0.25) is 14.9 Å². The molecule has 1 aliphatic rings. The first-order valence-corrected chi connectivity index (χ1v) is 8.93. The van der Waals surface area contributed by atoms with Gasteiger partial charge in [-0.25, -0.2) is 0 Å². The van der Waals surface area contributed by atoms with E-state index in [1.165, 1.54) is 30.4 Å². The van der Waals surface area contributed by atoms with Crippen LogP contribution in [0.3, 0.4) is 0 Å². The van der Waals surface area contributed by atoms with E-state index < -0.39 is 22.5 Å². The Morgan fingerprint density at radius 3 is 2.59 bits per heavy atom. The van der Waals surface area contributed by atoms with Gasteiger partial charge in [0, 0.05) is 11.6 Å². The van der Waals surface area contributed by atoms with Gasteiger partial charge in [0.1, 0.15) is 17.2 Å². The number of furan rings is 1. The summed E-state index contributed by atoms with van der Waals surface area (Å²) in [6, 6.07) is 7.90. The maximum absolute atomic E-state index is 12.8. The maximum Gasteiger partial charge on any atom is 0.433 e. The molecule has 3 rings (SSSR count). The minimum Gasteiger partial charge on any atom is -0.401 e. The predicted molar refractivity (Wildman–Crippen MR) is 96.8 cm³/mol. The van der Waals surface area contributed by atoms with Gasteiger partial charge in [-0.15, -0.1) is 0 Å². The Morgan fingerprint density at radius 1 is 1.24 bits per heavy atom. The number of hydrogen-bond acceptors (Lipinski definition) is 4. The summed E-state index contributed by atoms with van der Waals surface area (Å²) in [7, 11) is 0. The molecule has 1 aliphatic heterocycles. The van der Waals surface area contributed by atoms with Gasteiger partial charge in [0.05, 0.1) is 37.8 Å². The van der Waals surface area contributed by atoms with Crippen LogP contribution in [0, 0.1) is 10.1 Å². The Labute approximate surface area is 164 Å². The van der Waals surface area contributed by atoms with Crippen LogP contribution in [-0.4, -0.2) is 41.9 Å². The Morgan fingerprint density at radius 2 is 1.97 bits per heavy atom. The number of rotatable bonds is 5. The summed E-state index contributed by atoms with van der Waals surface area (Å²) >= 11 is 0. The topological polar surface area (TPSA) is 81.0 Å². The molecule has 29 heavy (non-hydrogen) atoms. The number of halogens is 3. The molecule has 0 unspecified atom stereocenters. The number of nitrogens with one attached hydrogen (secondary N) is 1. The van der Waals surface area contributed by atoms with Crippen molar-refractivity contribution in [1.82, 2.24) is 4.90 Å². The minimum absolute atomic E-state index is 0.207. The Hall–Kier alpha value is -3.14. The van der Waals surface area contributed by atoms with Crippen molar-refractivity contribution in [3.63, 3.8) is 0 Å². The van der Waals surface area contributed by atoms with Gasteiger partial charge in [-0.05, 0) is 24.3 Å². The average Bonchev–Trinajstić information content (AvgIpc) is 3.16. The molecule has 1 saturated heterocycles. The van der Waals surface area contributed by atoms with Crippen LogP contribution in [0.5, 0.6) is 0 Å². The Balaban J connectivity index is 1.51. The standard InChI is InChI=1S/C19H18F3N3O4/c20-19(21,22)15-3-1-2-14(12-15)13-23-8-10-24(11-9-23)17(26)6-4-16-5-7-18(29-16)25(27)28/h1-7,12H,8-11,13H2/p+1/b6-4+. The van der Waals surface area contributed by atoms with E-state index in [4.69, 9.17) is 4.42 Å². The third-order valence-electron chi connectivity index (χ3n) is 4.67. The van der Waals surface area contributed by atoms with Crippen molar-refractivity contribution in [3.05, 3.63) is 69.5 Å². The van der Waals surface area contributed by atoms with E-state index in [0.29, 0.717) is 38.3 Å². The lowest BCUT2D eigenvalue weighted by Crippen LogP contribution is -3.13. The normalized spacial score (nSPS) is 15.8.